The summed E-state index contributed by atoms with van der Waals surface area (Å²) in [6.45, 7) is 1.72. The van der Waals surface area contributed by atoms with Gasteiger partial charge in [-0.2, -0.15) is 0 Å². The lowest BCUT2D eigenvalue weighted by atomic mass is 10.0. The number of rotatable bonds is 5. The van der Waals surface area contributed by atoms with Crippen molar-refractivity contribution in [2.75, 3.05) is 14.2 Å². The summed E-state index contributed by atoms with van der Waals surface area (Å²) in [6, 6.07) is 18.6. The zero-order valence-corrected chi connectivity index (χ0v) is 17.3. The number of carbonyl (C=O) groups is 1. The second-order valence-electron chi connectivity index (χ2n) is 6.84. The largest absolute Gasteiger partial charge is 0.497 e. The number of benzene rings is 3. The van der Waals surface area contributed by atoms with Crippen molar-refractivity contribution in [1.82, 2.24) is 0 Å². The summed E-state index contributed by atoms with van der Waals surface area (Å²) in [4.78, 5) is 25.6. The number of aryl methyl sites for hydroxylation is 1. The van der Waals surface area contributed by atoms with E-state index in [-0.39, 0.29) is 11.2 Å². The molecule has 0 aliphatic carbocycles. The predicted molar refractivity (Wildman–Crippen MR) is 117 cm³/mol. The van der Waals surface area contributed by atoms with Crippen LogP contribution in [-0.2, 0) is 0 Å². The van der Waals surface area contributed by atoms with Gasteiger partial charge < -0.3 is 18.6 Å². The van der Waals surface area contributed by atoms with Crippen molar-refractivity contribution in [2.24, 2.45) is 0 Å². The Labute approximate surface area is 178 Å². The SMILES string of the molecule is COc1ccc(C(=O)Oc2ccc3c(=O)c(-c4ccccc4OC)c(C)oc3c2)cc1. The van der Waals surface area contributed by atoms with Gasteiger partial charge >= 0.3 is 5.97 Å². The Morgan fingerprint density at radius 3 is 2.29 bits per heavy atom. The van der Waals surface area contributed by atoms with Gasteiger partial charge in [0.1, 0.15) is 28.6 Å². The highest BCUT2D eigenvalue weighted by atomic mass is 16.5. The highest BCUT2D eigenvalue weighted by molar-refractivity contribution is 5.92. The first-order valence-electron chi connectivity index (χ1n) is 9.59. The summed E-state index contributed by atoms with van der Waals surface area (Å²) >= 11 is 0. The molecule has 31 heavy (non-hydrogen) atoms. The van der Waals surface area contributed by atoms with Gasteiger partial charge in [-0.1, -0.05) is 18.2 Å². The molecule has 0 aliphatic rings. The summed E-state index contributed by atoms with van der Waals surface area (Å²) in [5.41, 5.74) is 1.63. The highest BCUT2D eigenvalue weighted by Crippen LogP contribution is 2.32. The van der Waals surface area contributed by atoms with Crippen LogP contribution in [0.1, 0.15) is 16.1 Å². The summed E-state index contributed by atoms with van der Waals surface area (Å²) in [6.07, 6.45) is 0. The quantitative estimate of drug-likeness (QED) is 0.336. The molecule has 0 unspecified atom stereocenters. The minimum Gasteiger partial charge on any atom is -0.497 e. The van der Waals surface area contributed by atoms with Gasteiger partial charge in [-0.05, 0) is 49.4 Å². The number of methoxy groups -OCH3 is 2. The Morgan fingerprint density at radius 2 is 1.58 bits per heavy atom. The molecule has 156 valence electrons. The van der Waals surface area contributed by atoms with Crippen LogP contribution in [0.5, 0.6) is 17.2 Å². The maximum Gasteiger partial charge on any atom is 0.343 e. The first-order chi connectivity index (χ1) is 15.0. The van der Waals surface area contributed by atoms with Gasteiger partial charge in [-0.25, -0.2) is 4.79 Å². The summed E-state index contributed by atoms with van der Waals surface area (Å²) in [7, 11) is 3.11. The first-order valence-corrected chi connectivity index (χ1v) is 9.59. The van der Waals surface area contributed by atoms with E-state index in [1.807, 2.05) is 18.2 Å². The third kappa shape index (κ3) is 3.88. The molecule has 0 radical (unpaired) electrons. The average molecular weight is 416 g/mol. The minimum atomic E-state index is -0.522. The van der Waals surface area contributed by atoms with Gasteiger partial charge in [-0.3, -0.25) is 4.79 Å². The van der Waals surface area contributed by atoms with Gasteiger partial charge in [0.25, 0.3) is 0 Å². The van der Waals surface area contributed by atoms with Crippen molar-refractivity contribution in [3.8, 4) is 28.4 Å². The van der Waals surface area contributed by atoms with Crippen LogP contribution < -0.4 is 19.6 Å². The Morgan fingerprint density at radius 1 is 0.871 bits per heavy atom. The number of esters is 1. The number of carbonyl (C=O) groups excluding carboxylic acids is 1. The lowest BCUT2D eigenvalue weighted by molar-refractivity contribution is 0.0735. The molecule has 0 amide bonds. The molecule has 0 fully saturated rings. The molecule has 0 aliphatic heterocycles. The number of hydrogen-bond donors (Lipinski definition) is 0. The monoisotopic (exact) mass is 416 g/mol. The highest BCUT2D eigenvalue weighted by Gasteiger charge is 2.18. The molecule has 3 aromatic carbocycles. The van der Waals surface area contributed by atoms with Crippen LogP contribution in [0.2, 0.25) is 0 Å². The van der Waals surface area contributed by atoms with Crippen LogP contribution in [0.3, 0.4) is 0 Å². The Kier molecular flexibility index (Phi) is 5.45. The van der Waals surface area contributed by atoms with Crippen LogP contribution in [0.25, 0.3) is 22.1 Å². The smallest absolute Gasteiger partial charge is 0.343 e. The molecule has 0 spiro atoms. The zero-order valence-electron chi connectivity index (χ0n) is 17.3. The lowest BCUT2D eigenvalue weighted by Gasteiger charge is -2.11. The van der Waals surface area contributed by atoms with Gasteiger partial charge in [0.2, 0.25) is 5.43 Å². The van der Waals surface area contributed by atoms with Gasteiger partial charge in [0.05, 0.1) is 30.7 Å². The molecule has 4 aromatic rings. The zero-order chi connectivity index (χ0) is 22.0. The van der Waals surface area contributed by atoms with E-state index < -0.39 is 5.97 Å². The van der Waals surface area contributed by atoms with Crippen LogP contribution in [-0.4, -0.2) is 20.2 Å². The van der Waals surface area contributed by atoms with E-state index in [0.717, 1.165) is 0 Å². The van der Waals surface area contributed by atoms with E-state index in [1.165, 1.54) is 6.07 Å². The molecule has 0 saturated heterocycles. The molecule has 0 N–H and O–H groups in total. The van der Waals surface area contributed by atoms with Gasteiger partial charge in [0, 0.05) is 11.6 Å². The second kappa shape index (κ2) is 8.36. The molecule has 0 atom stereocenters. The number of ether oxygens (including phenoxy) is 3. The van der Waals surface area contributed by atoms with Crippen molar-refractivity contribution in [3.63, 3.8) is 0 Å². The van der Waals surface area contributed by atoms with E-state index >= 15 is 0 Å². The molecule has 6 nitrogen and oxygen atoms in total. The standard InChI is InChI=1S/C25H20O6/c1-15-23(19-6-4-5-7-21(19)29-3)24(26)20-13-12-18(14-22(20)30-15)31-25(27)16-8-10-17(28-2)11-9-16/h4-14H,1-3H3. The Bertz CT molecular complexity index is 1320. The molecular formula is C25H20O6. The minimum absolute atomic E-state index is 0.184. The number of fused-ring (bicyclic) bond motifs is 1. The van der Waals surface area contributed by atoms with E-state index in [1.54, 1.807) is 63.6 Å². The van der Waals surface area contributed by atoms with Crippen LogP contribution in [0.15, 0.2) is 75.9 Å². The van der Waals surface area contributed by atoms with Gasteiger partial charge in [0.15, 0.2) is 0 Å². The van der Waals surface area contributed by atoms with E-state index in [4.69, 9.17) is 18.6 Å². The van der Waals surface area contributed by atoms with Gasteiger partial charge in [-0.15, -0.1) is 0 Å². The van der Waals surface area contributed by atoms with Crippen molar-refractivity contribution >= 4 is 16.9 Å². The number of hydrogen-bond acceptors (Lipinski definition) is 6. The first kappa shape index (κ1) is 20.2. The van der Waals surface area contributed by atoms with Crippen molar-refractivity contribution in [2.45, 2.75) is 6.92 Å². The van der Waals surface area contributed by atoms with Crippen LogP contribution in [0.4, 0.5) is 0 Å². The van der Waals surface area contributed by atoms with E-state index in [9.17, 15) is 9.59 Å². The fraction of sp³-hybridized carbons (Fsp3) is 0.120. The van der Waals surface area contributed by atoms with E-state index in [2.05, 4.69) is 0 Å². The summed E-state index contributed by atoms with van der Waals surface area (Å²) in [5, 5.41) is 0.385. The molecule has 0 saturated carbocycles. The third-order valence-electron chi connectivity index (χ3n) is 4.95. The summed E-state index contributed by atoms with van der Waals surface area (Å²) in [5.74, 6) is 1.43. The molecular weight excluding hydrogens is 396 g/mol. The molecule has 0 bridgehead atoms. The van der Waals surface area contributed by atoms with Crippen LogP contribution >= 0.6 is 0 Å². The number of para-hydroxylation sites is 1. The molecule has 1 heterocycles. The third-order valence-corrected chi connectivity index (χ3v) is 4.95. The molecule has 6 heteroatoms. The molecule has 1 aromatic heterocycles. The van der Waals surface area contributed by atoms with Crippen molar-refractivity contribution in [1.29, 1.82) is 0 Å². The Balaban J connectivity index is 1.70. The maximum atomic E-state index is 13.2. The van der Waals surface area contributed by atoms with E-state index in [0.29, 0.717) is 44.9 Å². The maximum absolute atomic E-state index is 13.2. The fourth-order valence-electron chi connectivity index (χ4n) is 3.40. The van der Waals surface area contributed by atoms with Crippen molar-refractivity contribution in [3.05, 3.63) is 88.3 Å². The predicted octanol–water partition coefficient (Wildman–Crippen LogP) is 5.00. The fourth-order valence-corrected chi connectivity index (χ4v) is 3.40. The van der Waals surface area contributed by atoms with Crippen molar-refractivity contribution < 1.29 is 23.4 Å². The molecule has 4 rings (SSSR count). The average Bonchev–Trinajstić information content (AvgIpc) is 2.79. The second-order valence-corrected chi connectivity index (χ2v) is 6.84. The van der Waals surface area contributed by atoms with Crippen LogP contribution in [0, 0.1) is 6.92 Å². The Hall–Kier alpha value is -4.06. The lowest BCUT2D eigenvalue weighted by Crippen LogP contribution is -2.10. The normalized spacial score (nSPS) is 10.7. The topological polar surface area (TPSA) is 75.0 Å². The summed E-state index contributed by atoms with van der Waals surface area (Å²) < 4.78 is 21.9.